The zero-order chi connectivity index (χ0) is 20.3. The van der Waals surface area contributed by atoms with E-state index in [0.29, 0.717) is 18.7 Å². The van der Waals surface area contributed by atoms with E-state index in [9.17, 15) is 13.7 Å². The molecule has 28 heavy (non-hydrogen) atoms. The Morgan fingerprint density at radius 2 is 1.86 bits per heavy atom. The Hall–Kier alpha value is -2.82. The lowest BCUT2D eigenvalue weighted by molar-refractivity contribution is 0.415. The lowest BCUT2D eigenvalue weighted by Gasteiger charge is -2.10. The van der Waals surface area contributed by atoms with E-state index in [1.807, 2.05) is 32.0 Å². The number of methoxy groups -OCH3 is 1. The SMILES string of the molecule is CCCNS(=O)(=O)c1ccc(-c2c(C#N)c3ccc(OC)cc3n2CC)cc1. The Labute approximate surface area is 165 Å². The molecule has 7 heteroatoms. The summed E-state index contributed by atoms with van der Waals surface area (Å²) in [4.78, 5) is 0.212. The van der Waals surface area contributed by atoms with Gasteiger partial charge in [0.1, 0.15) is 11.8 Å². The van der Waals surface area contributed by atoms with Crippen molar-refractivity contribution < 1.29 is 13.2 Å². The minimum atomic E-state index is -3.52. The Morgan fingerprint density at radius 3 is 2.43 bits per heavy atom. The molecule has 0 atom stereocenters. The van der Waals surface area contributed by atoms with Crippen molar-refractivity contribution in [3.63, 3.8) is 0 Å². The molecule has 0 unspecified atom stereocenters. The molecule has 0 aliphatic rings. The van der Waals surface area contributed by atoms with Crippen LogP contribution in [0.5, 0.6) is 5.75 Å². The van der Waals surface area contributed by atoms with E-state index in [-0.39, 0.29) is 4.90 Å². The number of aryl methyl sites for hydroxylation is 1. The Bertz CT molecular complexity index is 1140. The molecule has 0 aliphatic carbocycles. The second-order valence-corrected chi connectivity index (χ2v) is 8.15. The molecule has 0 saturated carbocycles. The van der Waals surface area contributed by atoms with Crippen molar-refractivity contribution in [3.05, 3.63) is 48.0 Å². The standard InChI is InChI=1S/C21H23N3O3S/c1-4-12-23-28(25,26)17-9-6-15(7-10-17)21-19(14-22)18-11-8-16(27-3)13-20(18)24(21)5-2/h6-11,13,23H,4-5,12H2,1-3H3. The van der Waals surface area contributed by atoms with Gasteiger partial charge in [0.15, 0.2) is 0 Å². The fourth-order valence-corrected chi connectivity index (χ4v) is 4.44. The van der Waals surface area contributed by atoms with Crippen LogP contribution in [0.4, 0.5) is 0 Å². The fraction of sp³-hybridized carbons (Fsp3) is 0.286. The van der Waals surface area contributed by atoms with Crippen molar-refractivity contribution in [2.75, 3.05) is 13.7 Å². The van der Waals surface area contributed by atoms with Crippen LogP contribution in [-0.2, 0) is 16.6 Å². The van der Waals surface area contributed by atoms with Crippen LogP contribution in [0.2, 0.25) is 0 Å². The highest BCUT2D eigenvalue weighted by atomic mass is 32.2. The number of nitrogens with one attached hydrogen (secondary N) is 1. The number of fused-ring (bicyclic) bond motifs is 1. The van der Waals surface area contributed by atoms with Gasteiger partial charge in [0.2, 0.25) is 10.0 Å². The number of nitriles is 1. The number of hydrogen-bond donors (Lipinski definition) is 1. The largest absolute Gasteiger partial charge is 0.497 e. The summed E-state index contributed by atoms with van der Waals surface area (Å²) in [7, 11) is -1.92. The Balaban J connectivity index is 2.15. The summed E-state index contributed by atoms with van der Waals surface area (Å²) in [6.45, 7) is 4.98. The number of hydrogen-bond acceptors (Lipinski definition) is 4. The van der Waals surface area contributed by atoms with Gasteiger partial charge in [-0.15, -0.1) is 0 Å². The average Bonchev–Trinajstić information content (AvgIpc) is 3.04. The summed E-state index contributed by atoms with van der Waals surface area (Å²) in [5, 5.41) is 10.6. The minimum absolute atomic E-state index is 0.212. The van der Waals surface area contributed by atoms with E-state index in [4.69, 9.17) is 4.74 Å². The molecule has 0 fully saturated rings. The van der Waals surface area contributed by atoms with Crippen LogP contribution in [-0.4, -0.2) is 26.6 Å². The highest BCUT2D eigenvalue weighted by Crippen LogP contribution is 2.35. The maximum atomic E-state index is 12.3. The fourth-order valence-electron chi connectivity index (χ4n) is 3.31. The van der Waals surface area contributed by atoms with E-state index >= 15 is 0 Å². The molecule has 3 aromatic rings. The first-order chi connectivity index (χ1) is 13.5. The number of rotatable bonds is 7. The van der Waals surface area contributed by atoms with Gasteiger partial charge in [-0.3, -0.25) is 0 Å². The van der Waals surface area contributed by atoms with Gasteiger partial charge in [-0.1, -0.05) is 19.1 Å². The van der Waals surface area contributed by atoms with Crippen molar-refractivity contribution in [3.8, 4) is 23.1 Å². The number of aromatic nitrogens is 1. The summed E-state index contributed by atoms with van der Waals surface area (Å²) in [6, 6.07) is 14.6. The molecule has 146 valence electrons. The third-order valence-corrected chi connectivity index (χ3v) is 6.16. The normalized spacial score (nSPS) is 11.5. The topological polar surface area (TPSA) is 84.1 Å². The summed E-state index contributed by atoms with van der Waals surface area (Å²) in [5.74, 6) is 0.721. The molecule has 1 aromatic heterocycles. The number of sulfonamides is 1. The molecular weight excluding hydrogens is 374 g/mol. The molecule has 6 nitrogen and oxygen atoms in total. The molecule has 0 bridgehead atoms. The van der Waals surface area contributed by atoms with Gasteiger partial charge in [-0.25, -0.2) is 13.1 Å². The van der Waals surface area contributed by atoms with E-state index in [0.717, 1.165) is 34.3 Å². The van der Waals surface area contributed by atoms with Crippen molar-refractivity contribution in [1.29, 1.82) is 5.26 Å². The first-order valence-electron chi connectivity index (χ1n) is 9.17. The third kappa shape index (κ3) is 3.49. The van der Waals surface area contributed by atoms with E-state index < -0.39 is 10.0 Å². The summed E-state index contributed by atoms with van der Waals surface area (Å²) in [6.07, 6.45) is 0.725. The van der Waals surface area contributed by atoms with Gasteiger partial charge in [0, 0.05) is 24.5 Å². The van der Waals surface area contributed by atoms with Gasteiger partial charge in [-0.2, -0.15) is 5.26 Å². The molecule has 0 amide bonds. The Kier molecular flexibility index (Phi) is 5.73. The van der Waals surface area contributed by atoms with Crippen LogP contribution in [0.1, 0.15) is 25.8 Å². The molecular formula is C21H23N3O3S. The molecule has 1 heterocycles. The molecule has 0 aliphatic heterocycles. The number of ether oxygens (including phenoxy) is 1. The lowest BCUT2D eigenvalue weighted by atomic mass is 10.1. The molecule has 3 rings (SSSR count). The molecule has 1 N–H and O–H groups in total. The summed E-state index contributed by atoms with van der Waals surface area (Å²) >= 11 is 0. The summed E-state index contributed by atoms with van der Waals surface area (Å²) < 4.78 is 34.6. The third-order valence-electron chi connectivity index (χ3n) is 4.68. The van der Waals surface area contributed by atoms with Crippen LogP contribution in [0.25, 0.3) is 22.2 Å². The zero-order valence-corrected chi connectivity index (χ0v) is 17.0. The molecule has 2 aromatic carbocycles. The van der Waals surface area contributed by atoms with Gasteiger partial charge >= 0.3 is 0 Å². The van der Waals surface area contributed by atoms with E-state index in [1.165, 1.54) is 0 Å². The van der Waals surface area contributed by atoms with Crippen molar-refractivity contribution in [1.82, 2.24) is 9.29 Å². The number of nitrogens with zero attached hydrogens (tertiary/aromatic N) is 2. The van der Waals surface area contributed by atoms with Crippen LogP contribution >= 0.6 is 0 Å². The van der Waals surface area contributed by atoms with E-state index in [2.05, 4.69) is 15.4 Å². The minimum Gasteiger partial charge on any atom is -0.497 e. The highest BCUT2D eigenvalue weighted by Gasteiger charge is 2.19. The first kappa shape index (κ1) is 19.9. The molecule has 0 saturated heterocycles. The van der Waals surface area contributed by atoms with E-state index in [1.54, 1.807) is 31.4 Å². The van der Waals surface area contributed by atoms with Gasteiger partial charge in [-0.05, 0) is 43.2 Å². The zero-order valence-electron chi connectivity index (χ0n) is 16.2. The first-order valence-corrected chi connectivity index (χ1v) is 10.7. The predicted octanol–water partition coefficient (Wildman–Crippen LogP) is 3.90. The Morgan fingerprint density at radius 1 is 1.14 bits per heavy atom. The number of benzene rings is 2. The quantitative estimate of drug-likeness (QED) is 0.655. The van der Waals surface area contributed by atoms with Crippen LogP contribution < -0.4 is 9.46 Å². The maximum Gasteiger partial charge on any atom is 0.240 e. The summed E-state index contributed by atoms with van der Waals surface area (Å²) in [5.41, 5.74) is 3.05. The highest BCUT2D eigenvalue weighted by molar-refractivity contribution is 7.89. The van der Waals surface area contributed by atoms with Crippen molar-refractivity contribution in [2.24, 2.45) is 0 Å². The van der Waals surface area contributed by atoms with Crippen molar-refractivity contribution >= 4 is 20.9 Å². The second kappa shape index (κ2) is 8.05. The van der Waals surface area contributed by atoms with Crippen LogP contribution in [0.15, 0.2) is 47.4 Å². The monoisotopic (exact) mass is 397 g/mol. The maximum absolute atomic E-state index is 12.3. The average molecular weight is 398 g/mol. The van der Waals surface area contributed by atoms with Gasteiger partial charge in [0.05, 0.1) is 28.8 Å². The van der Waals surface area contributed by atoms with Crippen molar-refractivity contribution in [2.45, 2.75) is 31.7 Å². The van der Waals surface area contributed by atoms with Gasteiger partial charge < -0.3 is 9.30 Å². The van der Waals surface area contributed by atoms with Crippen LogP contribution in [0.3, 0.4) is 0 Å². The molecule has 0 spiro atoms. The molecule has 0 radical (unpaired) electrons. The smallest absolute Gasteiger partial charge is 0.240 e. The van der Waals surface area contributed by atoms with Gasteiger partial charge in [0.25, 0.3) is 0 Å². The lowest BCUT2D eigenvalue weighted by Crippen LogP contribution is -2.24. The second-order valence-electron chi connectivity index (χ2n) is 6.38. The van der Waals surface area contributed by atoms with Crippen LogP contribution in [0, 0.1) is 11.3 Å². The predicted molar refractivity (Wildman–Crippen MR) is 110 cm³/mol.